The van der Waals surface area contributed by atoms with E-state index >= 15 is 0 Å². The minimum atomic E-state index is 0.306. The molecule has 0 spiro atoms. The van der Waals surface area contributed by atoms with Crippen molar-refractivity contribution in [1.29, 1.82) is 0 Å². The number of aliphatic imine (C=N–C) groups is 1. The van der Waals surface area contributed by atoms with Crippen LogP contribution < -0.4 is 15.4 Å². The van der Waals surface area contributed by atoms with Gasteiger partial charge in [0, 0.05) is 39.1 Å². The Balaban J connectivity index is 1.76. The second kappa shape index (κ2) is 12.3. The maximum atomic E-state index is 12.0. The molecule has 1 fully saturated rings. The number of aryl methyl sites for hydroxylation is 1. The number of amides is 1. The third kappa shape index (κ3) is 7.41. The Kier molecular flexibility index (Phi) is 9.66. The first-order valence-corrected chi connectivity index (χ1v) is 10.6. The fraction of sp³-hybridized carbons (Fsp3) is 0.636. The standard InChI is InChI=1S/C22H36N4O2/c1-4-23-22(24-13-8-16-26-15-7-5-6-9-21(26)27)25-14-12-19-11-10-18(2)20(17-19)28-3/h10-11,17H,4-9,12-16H2,1-3H3,(H2,23,24,25). The van der Waals surface area contributed by atoms with Crippen molar-refractivity contribution in [2.45, 2.75) is 52.4 Å². The van der Waals surface area contributed by atoms with E-state index < -0.39 is 0 Å². The van der Waals surface area contributed by atoms with Gasteiger partial charge in [0.25, 0.3) is 0 Å². The average Bonchev–Trinajstić information content (AvgIpc) is 2.90. The molecular formula is C22H36N4O2. The van der Waals surface area contributed by atoms with Gasteiger partial charge in [-0.15, -0.1) is 0 Å². The zero-order chi connectivity index (χ0) is 20.2. The highest BCUT2D eigenvalue weighted by molar-refractivity contribution is 5.79. The molecule has 2 N–H and O–H groups in total. The number of guanidine groups is 1. The Morgan fingerprint density at radius 2 is 2.11 bits per heavy atom. The molecule has 0 aliphatic carbocycles. The summed E-state index contributed by atoms with van der Waals surface area (Å²) in [6.07, 6.45) is 5.84. The number of nitrogens with one attached hydrogen (secondary N) is 2. The topological polar surface area (TPSA) is 66.0 Å². The van der Waals surface area contributed by atoms with Crippen LogP contribution in [0.15, 0.2) is 23.2 Å². The zero-order valence-corrected chi connectivity index (χ0v) is 17.7. The molecule has 0 saturated carbocycles. The highest BCUT2D eigenvalue weighted by Crippen LogP contribution is 2.19. The molecule has 1 aromatic carbocycles. The Labute approximate surface area is 169 Å². The molecule has 0 bridgehead atoms. The first-order chi connectivity index (χ1) is 13.6. The number of nitrogens with zero attached hydrogens (tertiary/aromatic N) is 2. The molecule has 1 amide bonds. The monoisotopic (exact) mass is 388 g/mol. The number of likely N-dealkylation sites (tertiary alicyclic amines) is 1. The van der Waals surface area contributed by atoms with Crippen LogP contribution in [0.3, 0.4) is 0 Å². The van der Waals surface area contributed by atoms with Crippen LogP contribution in [0.4, 0.5) is 0 Å². The molecule has 0 radical (unpaired) electrons. The molecule has 156 valence electrons. The lowest BCUT2D eigenvalue weighted by Gasteiger charge is -2.20. The van der Waals surface area contributed by atoms with Crippen molar-refractivity contribution in [3.63, 3.8) is 0 Å². The highest BCUT2D eigenvalue weighted by Gasteiger charge is 2.15. The molecule has 1 heterocycles. The van der Waals surface area contributed by atoms with Crippen LogP contribution in [0.1, 0.15) is 50.2 Å². The molecule has 0 atom stereocenters. The van der Waals surface area contributed by atoms with Gasteiger partial charge >= 0.3 is 0 Å². The van der Waals surface area contributed by atoms with Crippen LogP contribution >= 0.6 is 0 Å². The summed E-state index contributed by atoms with van der Waals surface area (Å²) in [7, 11) is 1.71. The zero-order valence-electron chi connectivity index (χ0n) is 17.7. The van der Waals surface area contributed by atoms with Gasteiger partial charge in [0.2, 0.25) is 5.91 Å². The third-order valence-corrected chi connectivity index (χ3v) is 5.05. The molecule has 1 aromatic rings. The summed E-state index contributed by atoms with van der Waals surface area (Å²) in [5.41, 5.74) is 2.39. The van der Waals surface area contributed by atoms with Gasteiger partial charge in [0.1, 0.15) is 5.75 Å². The van der Waals surface area contributed by atoms with E-state index in [1.54, 1.807) is 7.11 Å². The van der Waals surface area contributed by atoms with Crippen molar-refractivity contribution < 1.29 is 9.53 Å². The van der Waals surface area contributed by atoms with Crippen molar-refractivity contribution in [3.05, 3.63) is 29.3 Å². The summed E-state index contributed by atoms with van der Waals surface area (Å²) in [5.74, 6) is 2.07. The summed E-state index contributed by atoms with van der Waals surface area (Å²) in [6, 6.07) is 6.33. The number of ether oxygens (including phenoxy) is 1. The summed E-state index contributed by atoms with van der Waals surface area (Å²) in [6.45, 7) is 8.19. The van der Waals surface area contributed by atoms with Crippen molar-refractivity contribution in [3.8, 4) is 5.75 Å². The number of rotatable bonds is 9. The van der Waals surface area contributed by atoms with Gasteiger partial charge in [0.05, 0.1) is 7.11 Å². The molecular weight excluding hydrogens is 352 g/mol. The molecule has 2 rings (SSSR count). The van der Waals surface area contributed by atoms with Crippen LogP contribution in [-0.4, -0.2) is 56.6 Å². The molecule has 0 unspecified atom stereocenters. The Hall–Kier alpha value is -2.24. The van der Waals surface area contributed by atoms with Gasteiger partial charge in [0.15, 0.2) is 5.96 Å². The van der Waals surface area contributed by atoms with E-state index in [2.05, 4.69) is 47.7 Å². The van der Waals surface area contributed by atoms with Gasteiger partial charge in [-0.3, -0.25) is 9.79 Å². The summed E-state index contributed by atoms with van der Waals surface area (Å²) in [4.78, 5) is 18.7. The second-order valence-corrected chi connectivity index (χ2v) is 7.29. The van der Waals surface area contributed by atoms with Crippen LogP contribution in [0.2, 0.25) is 0 Å². The average molecular weight is 389 g/mol. The van der Waals surface area contributed by atoms with Gasteiger partial charge in [-0.05, 0) is 56.7 Å². The number of carbonyl (C=O) groups is 1. The van der Waals surface area contributed by atoms with E-state index in [9.17, 15) is 4.79 Å². The van der Waals surface area contributed by atoms with Crippen LogP contribution in [0, 0.1) is 6.92 Å². The number of hydrogen-bond acceptors (Lipinski definition) is 3. The lowest BCUT2D eigenvalue weighted by Crippen LogP contribution is -2.38. The quantitative estimate of drug-likeness (QED) is 0.388. The van der Waals surface area contributed by atoms with E-state index in [1.165, 1.54) is 12.0 Å². The van der Waals surface area contributed by atoms with Gasteiger partial charge in [-0.25, -0.2) is 0 Å². The molecule has 28 heavy (non-hydrogen) atoms. The Morgan fingerprint density at radius 1 is 1.25 bits per heavy atom. The summed E-state index contributed by atoms with van der Waals surface area (Å²) in [5, 5.41) is 6.69. The molecule has 1 saturated heterocycles. The normalized spacial score (nSPS) is 15.3. The van der Waals surface area contributed by atoms with Crippen molar-refractivity contribution >= 4 is 11.9 Å². The van der Waals surface area contributed by atoms with Gasteiger partial charge < -0.3 is 20.3 Å². The molecule has 1 aliphatic heterocycles. The maximum absolute atomic E-state index is 12.0. The van der Waals surface area contributed by atoms with Crippen molar-refractivity contribution in [1.82, 2.24) is 15.5 Å². The largest absolute Gasteiger partial charge is 0.496 e. The third-order valence-electron chi connectivity index (χ3n) is 5.05. The molecule has 6 heteroatoms. The van der Waals surface area contributed by atoms with Crippen LogP contribution in [0.5, 0.6) is 5.75 Å². The SMILES string of the molecule is CCNC(=NCCCN1CCCCCC1=O)NCCc1ccc(C)c(OC)c1. The number of carbonyl (C=O) groups excluding carboxylic acids is 1. The van der Waals surface area contributed by atoms with E-state index in [0.29, 0.717) is 12.3 Å². The number of benzene rings is 1. The lowest BCUT2D eigenvalue weighted by atomic mass is 10.1. The fourth-order valence-corrected chi connectivity index (χ4v) is 3.41. The fourth-order valence-electron chi connectivity index (χ4n) is 3.41. The lowest BCUT2D eigenvalue weighted by molar-refractivity contribution is -0.130. The Bertz CT molecular complexity index is 645. The highest BCUT2D eigenvalue weighted by atomic mass is 16.5. The van der Waals surface area contributed by atoms with E-state index in [4.69, 9.17) is 4.74 Å². The first-order valence-electron chi connectivity index (χ1n) is 10.6. The van der Waals surface area contributed by atoms with Crippen LogP contribution in [0.25, 0.3) is 0 Å². The van der Waals surface area contributed by atoms with E-state index in [-0.39, 0.29) is 0 Å². The maximum Gasteiger partial charge on any atom is 0.222 e. The molecule has 0 aromatic heterocycles. The smallest absolute Gasteiger partial charge is 0.222 e. The van der Waals surface area contributed by atoms with E-state index in [1.807, 2.05) is 4.90 Å². The predicted octanol–water partition coefficient (Wildman–Crippen LogP) is 2.89. The molecule has 1 aliphatic rings. The number of hydrogen-bond donors (Lipinski definition) is 2. The van der Waals surface area contributed by atoms with Gasteiger partial charge in [-0.1, -0.05) is 18.6 Å². The Morgan fingerprint density at radius 3 is 2.89 bits per heavy atom. The molecule has 6 nitrogen and oxygen atoms in total. The van der Waals surface area contributed by atoms with E-state index in [0.717, 1.165) is 75.7 Å². The summed E-state index contributed by atoms with van der Waals surface area (Å²) < 4.78 is 5.40. The van der Waals surface area contributed by atoms with Crippen molar-refractivity contribution in [2.24, 2.45) is 4.99 Å². The summed E-state index contributed by atoms with van der Waals surface area (Å²) >= 11 is 0. The first kappa shape index (κ1) is 22.1. The minimum absolute atomic E-state index is 0.306. The predicted molar refractivity (Wildman–Crippen MR) is 115 cm³/mol. The number of methoxy groups -OCH3 is 1. The van der Waals surface area contributed by atoms with Crippen LogP contribution in [-0.2, 0) is 11.2 Å². The van der Waals surface area contributed by atoms with Gasteiger partial charge in [-0.2, -0.15) is 0 Å². The minimum Gasteiger partial charge on any atom is -0.496 e. The second-order valence-electron chi connectivity index (χ2n) is 7.29. The van der Waals surface area contributed by atoms with Crippen molar-refractivity contribution in [2.75, 3.05) is 39.8 Å².